The standard InChI is InChI=1S/C16H14.C14H18.C13H16.C10H10.8C9H9N/c1-3-13-5-9-15(10-6-13)16-11-7-14(4-2)8-12-16;1-7-13-9(3)11(5)14(8-2)12(6)10(13)4;1-6-12-9(3)8-10(4)13(7-2)11(12)5;1-3-9-6-5-7-10(4-2)8-9;1-3-8-5-9(4-2)7-10-6-8;1-3-8-5-6-10-9(4-2)7-8;6*1-3-8-5-6-9(4-2)10-7-8/h3-12H,1-2H2;7-8H,1-2H2,3-6H3;6-8H,1-2H2,3-5H3;3-8H,1-2H2;8*3-7H,1-2H2. The molecule has 0 aliphatic rings. The van der Waals surface area contributed by atoms with Crippen LogP contribution in [-0.2, 0) is 0 Å². The van der Waals surface area contributed by atoms with E-state index in [-0.39, 0.29) is 0 Å². The Morgan fingerprint density at radius 3 is 0.602 bits per heavy atom. The van der Waals surface area contributed by atoms with Crippen LogP contribution in [-0.4, -0.2) is 39.9 Å². The normalized spacial score (nSPS) is 9.14. The van der Waals surface area contributed by atoms with E-state index in [1.807, 2.05) is 164 Å². The largest absolute Gasteiger partial charge is 0.263 e. The van der Waals surface area contributed by atoms with E-state index in [1.165, 1.54) is 72.3 Å². The van der Waals surface area contributed by atoms with Gasteiger partial charge in [-0.25, -0.2) is 0 Å². The summed E-state index contributed by atoms with van der Waals surface area (Å²) in [5, 5.41) is 0. The van der Waals surface area contributed by atoms with Gasteiger partial charge in [0.05, 0.1) is 39.9 Å². The van der Waals surface area contributed by atoms with Crippen molar-refractivity contribution < 1.29 is 0 Å². The Bertz CT molecular complexity index is 5120. The van der Waals surface area contributed by atoms with Crippen molar-refractivity contribution in [2.75, 3.05) is 0 Å². The minimum absolute atomic E-state index is 0.886. The van der Waals surface area contributed by atoms with Crippen molar-refractivity contribution in [3.63, 3.8) is 0 Å². The number of hydrogen-bond donors (Lipinski definition) is 0. The molecule has 0 saturated heterocycles. The van der Waals surface area contributed by atoms with Crippen LogP contribution in [0.4, 0.5) is 0 Å². The quantitative estimate of drug-likeness (QED) is 0.0557. The van der Waals surface area contributed by atoms with Crippen molar-refractivity contribution in [2.45, 2.75) is 48.5 Å². The molecular formula is C125H130N8. The number of benzene rings is 5. The van der Waals surface area contributed by atoms with Crippen LogP contribution in [0.3, 0.4) is 0 Å². The van der Waals surface area contributed by atoms with Gasteiger partial charge in [-0.1, -0.05) is 370 Å². The third-order valence-corrected chi connectivity index (χ3v) is 19.7. The van der Waals surface area contributed by atoms with Crippen LogP contribution in [0.5, 0.6) is 0 Å². The molecule has 0 radical (unpaired) electrons. The van der Waals surface area contributed by atoms with Crippen molar-refractivity contribution in [1.82, 2.24) is 39.9 Å². The summed E-state index contributed by atoms with van der Waals surface area (Å²) in [6, 6.07) is 56.0. The molecule has 0 N–H and O–H groups in total. The van der Waals surface area contributed by atoms with Gasteiger partial charge >= 0.3 is 0 Å². The molecule has 0 aliphatic heterocycles. The molecule has 0 amide bonds. The topological polar surface area (TPSA) is 103 Å². The zero-order valence-corrected chi connectivity index (χ0v) is 79.3. The minimum atomic E-state index is 0.886. The van der Waals surface area contributed by atoms with Gasteiger partial charge in [0.2, 0.25) is 0 Å². The number of nitrogens with zero attached hydrogens (tertiary/aromatic N) is 8. The minimum Gasteiger partial charge on any atom is -0.263 e. The van der Waals surface area contributed by atoms with E-state index >= 15 is 0 Å². The molecule has 0 saturated carbocycles. The summed E-state index contributed by atoms with van der Waals surface area (Å²) in [5.74, 6) is 0. The molecule has 13 rings (SSSR count). The SMILES string of the molecule is C=Cc1c(C)c(C)c(C=C)c(C)c1C.C=Cc1c(C)cc(C)c(C=C)c1C.C=Cc1ccc(-c2ccc(C=C)cc2)cc1.C=Cc1ccc(C=C)nc1.C=Cc1ccc(C=C)nc1.C=Cc1ccc(C=C)nc1.C=Cc1ccc(C=C)nc1.C=Cc1ccc(C=C)nc1.C=Cc1ccc(C=C)nc1.C=Cc1cccc(C=C)c1.C=Cc1ccnc(C=C)c1.C=Cc1cncc(C=C)c1. The van der Waals surface area contributed by atoms with Gasteiger partial charge in [-0.05, 0) is 296 Å². The van der Waals surface area contributed by atoms with E-state index in [2.05, 4.69) is 301 Å². The highest BCUT2D eigenvalue weighted by Crippen LogP contribution is 2.29. The molecule has 8 aromatic heterocycles. The molecule has 8 heteroatoms. The maximum absolute atomic E-state index is 4.08. The number of hydrogen-bond acceptors (Lipinski definition) is 8. The molecule has 133 heavy (non-hydrogen) atoms. The van der Waals surface area contributed by atoms with Gasteiger partial charge in [-0.3, -0.25) is 39.9 Å². The van der Waals surface area contributed by atoms with E-state index in [9.17, 15) is 0 Å². The Morgan fingerprint density at radius 1 is 0.165 bits per heavy atom. The van der Waals surface area contributed by atoms with E-state index in [0.29, 0.717) is 0 Å². The lowest BCUT2D eigenvalue weighted by Gasteiger charge is -2.16. The zero-order chi connectivity index (χ0) is 98.8. The fraction of sp³-hybridized carbons (Fsp3) is 0.0560. The Balaban J connectivity index is 0.000000493. The monoisotopic (exact) mass is 1740 g/mol. The molecule has 0 unspecified atom stereocenters. The van der Waals surface area contributed by atoms with Crippen LogP contribution in [0.25, 0.3) is 157 Å². The van der Waals surface area contributed by atoms with Gasteiger partial charge in [0, 0.05) is 55.8 Å². The first-order valence-electron chi connectivity index (χ1n) is 42.5. The fourth-order valence-electron chi connectivity index (χ4n) is 11.6. The third-order valence-electron chi connectivity index (χ3n) is 19.7. The summed E-state index contributed by atoms with van der Waals surface area (Å²) in [5.41, 5.74) is 36.7. The van der Waals surface area contributed by atoms with Gasteiger partial charge in [0.1, 0.15) is 0 Å². The lowest BCUT2D eigenvalue weighted by atomic mass is 9.89. The van der Waals surface area contributed by atoms with Crippen LogP contribution < -0.4 is 0 Å². The summed E-state index contributed by atoms with van der Waals surface area (Å²) >= 11 is 0. The molecule has 8 heterocycles. The molecular weight excluding hydrogens is 1610 g/mol. The molecule has 0 spiro atoms. The highest BCUT2D eigenvalue weighted by atomic mass is 14.7. The molecule has 5 aromatic carbocycles. The predicted octanol–water partition coefficient (Wildman–Crippen LogP) is 34.7. The summed E-state index contributed by atoms with van der Waals surface area (Å²) in [7, 11) is 0. The summed E-state index contributed by atoms with van der Waals surface area (Å²) < 4.78 is 0. The molecule has 670 valence electrons. The van der Waals surface area contributed by atoms with Crippen LogP contribution in [0.2, 0.25) is 0 Å². The Kier molecular flexibility index (Phi) is 55.3. The maximum atomic E-state index is 4.08. The van der Waals surface area contributed by atoms with Crippen LogP contribution in [0.15, 0.2) is 384 Å². The Hall–Kier alpha value is -16.9. The van der Waals surface area contributed by atoms with Crippen molar-refractivity contribution in [3.05, 3.63) is 557 Å². The fourth-order valence-corrected chi connectivity index (χ4v) is 11.6. The van der Waals surface area contributed by atoms with E-state index in [1.54, 1.807) is 153 Å². The molecule has 0 bridgehead atoms. The van der Waals surface area contributed by atoms with Crippen molar-refractivity contribution >= 4 is 146 Å². The Morgan fingerprint density at radius 2 is 0.391 bits per heavy atom. The third kappa shape index (κ3) is 41.1. The number of rotatable bonds is 25. The molecule has 0 atom stereocenters. The first kappa shape index (κ1) is 112. The highest BCUT2D eigenvalue weighted by Gasteiger charge is 2.11. The smallest absolute Gasteiger partial charge is 0.0629 e. The summed E-state index contributed by atoms with van der Waals surface area (Å²) in [4.78, 5) is 32.5. The number of aromatic nitrogens is 8. The lowest BCUT2D eigenvalue weighted by Crippen LogP contribution is -1.98. The zero-order valence-electron chi connectivity index (χ0n) is 79.3. The van der Waals surface area contributed by atoms with Gasteiger partial charge < -0.3 is 0 Å². The van der Waals surface area contributed by atoms with Gasteiger partial charge in [-0.15, -0.1) is 0 Å². The molecule has 0 aliphatic carbocycles. The second-order valence-corrected chi connectivity index (χ2v) is 28.3. The predicted molar refractivity (Wildman–Crippen MR) is 600 cm³/mol. The number of aryl methyl sites for hydroxylation is 2. The average molecular weight is 1740 g/mol. The van der Waals surface area contributed by atoms with Gasteiger partial charge in [0.15, 0.2) is 0 Å². The van der Waals surface area contributed by atoms with E-state index in [0.717, 1.165) is 112 Å². The van der Waals surface area contributed by atoms with E-state index < -0.39 is 0 Å². The summed E-state index contributed by atoms with van der Waals surface area (Å²) in [6.45, 7) is 103. The average Bonchev–Trinajstić information content (AvgIpc) is 0.798. The second-order valence-electron chi connectivity index (χ2n) is 28.3. The van der Waals surface area contributed by atoms with Crippen LogP contribution in [0.1, 0.15) is 173 Å². The van der Waals surface area contributed by atoms with Crippen molar-refractivity contribution in [2.24, 2.45) is 0 Å². The first-order chi connectivity index (χ1) is 64.3. The van der Waals surface area contributed by atoms with Crippen LogP contribution in [0, 0.1) is 48.5 Å². The molecule has 0 fully saturated rings. The van der Waals surface area contributed by atoms with Gasteiger partial charge in [-0.2, -0.15) is 0 Å². The molecule has 8 nitrogen and oxygen atoms in total. The number of pyridine rings is 8. The molecule has 13 aromatic rings. The second kappa shape index (κ2) is 65.6. The first-order valence-corrected chi connectivity index (χ1v) is 42.5. The highest BCUT2D eigenvalue weighted by molar-refractivity contribution is 5.71. The summed E-state index contributed by atoms with van der Waals surface area (Å²) in [6.07, 6.45) is 58.8. The van der Waals surface area contributed by atoms with Crippen molar-refractivity contribution in [1.29, 1.82) is 0 Å². The lowest BCUT2D eigenvalue weighted by molar-refractivity contribution is 1.21. The van der Waals surface area contributed by atoms with Crippen molar-refractivity contribution in [3.8, 4) is 11.1 Å². The van der Waals surface area contributed by atoms with E-state index in [4.69, 9.17) is 0 Å². The van der Waals surface area contributed by atoms with Gasteiger partial charge in [0.25, 0.3) is 0 Å². The Labute approximate surface area is 796 Å². The van der Waals surface area contributed by atoms with Crippen LogP contribution >= 0.6 is 0 Å². The maximum Gasteiger partial charge on any atom is 0.0629 e.